The van der Waals surface area contributed by atoms with Crippen LogP contribution in [0, 0.1) is 17.2 Å². The van der Waals surface area contributed by atoms with Gasteiger partial charge < -0.3 is 5.32 Å². The second kappa shape index (κ2) is 5.92. The van der Waals surface area contributed by atoms with Gasteiger partial charge in [0.25, 0.3) is 0 Å². The van der Waals surface area contributed by atoms with E-state index in [1.807, 2.05) is 13.8 Å². The normalized spacial score (nSPS) is 11.6. The topological polar surface area (TPSA) is 52.9 Å². The largest absolute Gasteiger partial charge is 0.325 e. The van der Waals surface area contributed by atoms with Crippen LogP contribution in [0.3, 0.4) is 0 Å². The number of rotatable bonds is 4. The van der Waals surface area contributed by atoms with E-state index in [4.69, 9.17) is 5.26 Å². The number of benzene rings is 1. The number of nitrogens with one attached hydrogen (secondary N) is 1. The van der Waals surface area contributed by atoms with Crippen molar-refractivity contribution in [2.45, 2.75) is 26.7 Å². The number of hydrogen-bond acceptors (Lipinski definition) is 2. The molecule has 1 unspecified atom stereocenters. The minimum Gasteiger partial charge on any atom is -0.325 e. The van der Waals surface area contributed by atoms with E-state index in [1.165, 1.54) is 0 Å². The molecule has 0 fully saturated rings. The molecule has 1 aromatic rings. The minimum atomic E-state index is -0.0236. The SMILES string of the molecule is CCCC(C)C(=O)Nc1ccccc1C#N. The van der Waals surface area contributed by atoms with Gasteiger partial charge in [-0.15, -0.1) is 0 Å². The Morgan fingerprint density at radius 3 is 2.81 bits per heavy atom. The van der Waals surface area contributed by atoms with Crippen molar-refractivity contribution in [3.63, 3.8) is 0 Å². The molecule has 84 valence electrons. The van der Waals surface area contributed by atoms with E-state index in [0.717, 1.165) is 12.8 Å². The van der Waals surface area contributed by atoms with E-state index in [0.29, 0.717) is 11.3 Å². The lowest BCUT2D eigenvalue weighted by molar-refractivity contribution is -0.119. The summed E-state index contributed by atoms with van der Waals surface area (Å²) in [6, 6.07) is 9.08. The molecule has 0 aliphatic carbocycles. The molecule has 1 aromatic carbocycles. The smallest absolute Gasteiger partial charge is 0.227 e. The summed E-state index contributed by atoms with van der Waals surface area (Å²) >= 11 is 0. The maximum absolute atomic E-state index is 11.7. The van der Waals surface area contributed by atoms with Gasteiger partial charge in [-0.3, -0.25) is 4.79 Å². The van der Waals surface area contributed by atoms with E-state index in [9.17, 15) is 4.79 Å². The Kier molecular flexibility index (Phi) is 4.53. The fourth-order valence-electron chi connectivity index (χ4n) is 1.51. The first-order valence-corrected chi connectivity index (χ1v) is 5.49. The van der Waals surface area contributed by atoms with E-state index in [1.54, 1.807) is 24.3 Å². The standard InChI is InChI=1S/C13H16N2O/c1-3-6-10(2)13(16)15-12-8-5-4-7-11(12)9-14/h4-5,7-8,10H,3,6H2,1-2H3,(H,15,16). The molecule has 3 heteroatoms. The van der Waals surface area contributed by atoms with Crippen molar-refractivity contribution in [3.05, 3.63) is 29.8 Å². The number of carbonyl (C=O) groups excluding carboxylic acids is 1. The second-order valence-electron chi connectivity index (χ2n) is 3.84. The summed E-state index contributed by atoms with van der Waals surface area (Å²) in [6.45, 7) is 3.95. The van der Waals surface area contributed by atoms with Crippen LogP contribution in [0.2, 0.25) is 0 Å². The highest BCUT2D eigenvalue weighted by molar-refractivity contribution is 5.93. The monoisotopic (exact) mass is 216 g/mol. The maximum Gasteiger partial charge on any atom is 0.227 e. The van der Waals surface area contributed by atoms with Gasteiger partial charge in [-0.1, -0.05) is 32.4 Å². The Hall–Kier alpha value is -1.82. The van der Waals surface area contributed by atoms with Gasteiger partial charge in [0.05, 0.1) is 11.3 Å². The molecule has 0 spiro atoms. The fourth-order valence-corrected chi connectivity index (χ4v) is 1.51. The highest BCUT2D eigenvalue weighted by Gasteiger charge is 2.13. The Labute approximate surface area is 96.1 Å². The Bertz CT molecular complexity index is 407. The molecule has 1 rings (SSSR count). The third kappa shape index (κ3) is 3.09. The average molecular weight is 216 g/mol. The first-order valence-electron chi connectivity index (χ1n) is 5.49. The summed E-state index contributed by atoms with van der Waals surface area (Å²) in [5.74, 6) is -0.0405. The van der Waals surface area contributed by atoms with Crippen LogP contribution in [0.1, 0.15) is 32.3 Å². The minimum absolute atomic E-state index is 0.0169. The van der Waals surface area contributed by atoms with Gasteiger partial charge >= 0.3 is 0 Å². The number of hydrogen-bond donors (Lipinski definition) is 1. The second-order valence-corrected chi connectivity index (χ2v) is 3.84. The number of amides is 1. The lowest BCUT2D eigenvalue weighted by atomic mass is 10.1. The zero-order valence-corrected chi connectivity index (χ0v) is 9.66. The molecule has 3 nitrogen and oxygen atoms in total. The van der Waals surface area contributed by atoms with Crippen molar-refractivity contribution in [2.24, 2.45) is 5.92 Å². The molecular formula is C13H16N2O. The molecule has 1 atom stereocenters. The van der Waals surface area contributed by atoms with E-state index >= 15 is 0 Å². The first-order chi connectivity index (χ1) is 7.69. The quantitative estimate of drug-likeness (QED) is 0.841. The summed E-state index contributed by atoms with van der Waals surface area (Å²) in [6.07, 6.45) is 1.84. The summed E-state index contributed by atoms with van der Waals surface area (Å²) in [5.41, 5.74) is 1.09. The highest BCUT2D eigenvalue weighted by Crippen LogP contribution is 2.15. The fraction of sp³-hybridized carbons (Fsp3) is 0.385. The van der Waals surface area contributed by atoms with Crippen LogP contribution in [-0.2, 0) is 4.79 Å². The third-order valence-electron chi connectivity index (χ3n) is 2.47. The Morgan fingerprint density at radius 2 is 2.19 bits per heavy atom. The summed E-state index contributed by atoms with van der Waals surface area (Å²) in [5, 5.41) is 11.7. The molecule has 0 saturated heterocycles. The molecule has 0 bridgehead atoms. The number of nitriles is 1. The van der Waals surface area contributed by atoms with Crippen molar-refractivity contribution in [1.29, 1.82) is 5.26 Å². The Balaban J connectivity index is 2.74. The van der Waals surface area contributed by atoms with Crippen molar-refractivity contribution in [1.82, 2.24) is 0 Å². The molecular weight excluding hydrogens is 200 g/mol. The van der Waals surface area contributed by atoms with Crippen molar-refractivity contribution in [3.8, 4) is 6.07 Å². The van der Waals surface area contributed by atoms with Gasteiger partial charge in [0.15, 0.2) is 0 Å². The van der Waals surface area contributed by atoms with E-state index < -0.39 is 0 Å². The first kappa shape index (κ1) is 12.3. The predicted octanol–water partition coefficient (Wildman–Crippen LogP) is 2.93. The van der Waals surface area contributed by atoms with Crippen LogP contribution in [0.25, 0.3) is 0 Å². The van der Waals surface area contributed by atoms with Gasteiger partial charge in [0.2, 0.25) is 5.91 Å². The molecule has 0 radical (unpaired) electrons. The molecule has 0 saturated carbocycles. The molecule has 1 amide bonds. The zero-order chi connectivity index (χ0) is 12.0. The highest BCUT2D eigenvalue weighted by atomic mass is 16.1. The maximum atomic E-state index is 11.7. The van der Waals surface area contributed by atoms with E-state index in [-0.39, 0.29) is 11.8 Å². The predicted molar refractivity (Wildman–Crippen MR) is 63.9 cm³/mol. The molecule has 0 aliphatic rings. The van der Waals surface area contributed by atoms with Crippen LogP contribution >= 0.6 is 0 Å². The van der Waals surface area contributed by atoms with Gasteiger partial charge in [0.1, 0.15) is 6.07 Å². The molecule has 0 aromatic heterocycles. The van der Waals surface area contributed by atoms with Gasteiger partial charge in [-0.05, 0) is 18.6 Å². The molecule has 0 heterocycles. The van der Waals surface area contributed by atoms with Crippen molar-refractivity contribution in [2.75, 3.05) is 5.32 Å². The summed E-state index contributed by atoms with van der Waals surface area (Å²) < 4.78 is 0. The van der Waals surface area contributed by atoms with E-state index in [2.05, 4.69) is 11.4 Å². The summed E-state index contributed by atoms with van der Waals surface area (Å²) in [4.78, 5) is 11.7. The van der Waals surface area contributed by atoms with Gasteiger partial charge in [-0.25, -0.2) is 0 Å². The Morgan fingerprint density at radius 1 is 1.50 bits per heavy atom. The lowest BCUT2D eigenvalue weighted by Crippen LogP contribution is -2.20. The molecule has 16 heavy (non-hydrogen) atoms. The van der Waals surface area contributed by atoms with Gasteiger partial charge in [0, 0.05) is 5.92 Å². The summed E-state index contributed by atoms with van der Waals surface area (Å²) in [7, 11) is 0. The lowest BCUT2D eigenvalue weighted by Gasteiger charge is -2.11. The van der Waals surface area contributed by atoms with Crippen LogP contribution in [0.4, 0.5) is 5.69 Å². The van der Waals surface area contributed by atoms with Crippen LogP contribution in [0.5, 0.6) is 0 Å². The third-order valence-corrected chi connectivity index (χ3v) is 2.47. The average Bonchev–Trinajstić information content (AvgIpc) is 2.30. The number of nitrogens with zero attached hydrogens (tertiary/aromatic N) is 1. The number of anilines is 1. The van der Waals surface area contributed by atoms with Gasteiger partial charge in [-0.2, -0.15) is 5.26 Å². The molecule has 1 N–H and O–H groups in total. The number of carbonyl (C=O) groups is 1. The molecule has 0 aliphatic heterocycles. The van der Waals surface area contributed by atoms with Crippen molar-refractivity contribution < 1.29 is 4.79 Å². The van der Waals surface area contributed by atoms with Crippen molar-refractivity contribution >= 4 is 11.6 Å². The van der Waals surface area contributed by atoms with Crippen LogP contribution < -0.4 is 5.32 Å². The van der Waals surface area contributed by atoms with Crippen LogP contribution in [0.15, 0.2) is 24.3 Å². The number of para-hydroxylation sites is 1. The zero-order valence-electron chi connectivity index (χ0n) is 9.66. The van der Waals surface area contributed by atoms with Crippen LogP contribution in [-0.4, -0.2) is 5.91 Å².